The first-order valence-electron chi connectivity index (χ1n) is 12.3. The fourth-order valence-electron chi connectivity index (χ4n) is 4.09. The van der Waals surface area contributed by atoms with Gasteiger partial charge in [0.15, 0.2) is 0 Å². The molecule has 5 aromatic rings. The lowest BCUT2D eigenvalue weighted by molar-refractivity contribution is 0.102. The molecule has 0 aliphatic heterocycles. The Bertz CT molecular complexity index is 1570. The van der Waals surface area contributed by atoms with E-state index in [4.69, 9.17) is 11.6 Å². The second-order valence-electron chi connectivity index (χ2n) is 8.76. The lowest BCUT2D eigenvalue weighted by Gasteiger charge is -2.13. The number of aryl methyl sites for hydroxylation is 1. The van der Waals surface area contributed by atoms with E-state index in [-0.39, 0.29) is 5.91 Å². The van der Waals surface area contributed by atoms with Crippen molar-refractivity contribution < 1.29 is 4.79 Å². The van der Waals surface area contributed by atoms with Gasteiger partial charge in [-0.15, -0.1) is 0 Å². The van der Waals surface area contributed by atoms with E-state index in [9.17, 15) is 4.79 Å². The van der Waals surface area contributed by atoms with Crippen LogP contribution < -0.4 is 10.6 Å². The third-order valence-corrected chi connectivity index (χ3v) is 6.28. The van der Waals surface area contributed by atoms with Crippen LogP contribution in [0.5, 0.6) is 0 Å². The van der Waals surface area contributed by atoms with Crippen LogP contribution in [0, 0.1) is 6.92 Å². The van der Waals surface area contributed by atoms with Gasteiger partial charge in [0, 0.05) is 40.6 Å². The molecule has 2 N–H and O–H groups in total. The normalized spacial score (nSPS) is 10.8. The minimum absolute atomic E-state index is 0.224. The molecule has 3 aromatic heterocycles. The minimum atomic E-state index is -0.224. The van der Waals surface area contributed by atoms with E-state index < -0.39 is 0 Å². The van der Waals surface area contributed by atoms with Gasteiger partial charge in [-0.25, -0.2) is 14.6 Å². The first kappa shape index (κ1) is 25.1. The van der Waals surface area contributed by atoms with Crippen molar-refractivity contribution in [3.63, 3.8) is 0 Å². The summed E-state index contributed by atoms with van der Waals surface area (Å²) in [6.07, 6.45) is 8.37. The van der Waals surface area contributed by atoms with Gasteiger partial charge in [0.05, 0.1) is 28.8 Å². The van der Waals surface area contributed by atoms with Crippen LogP contribution in [0.1, 0.15) is 35.0 Å². The number of nitrogens with one attached hydrogen (secondary N) is 2. The highest BCUT2D eigenvalue weighted by Gasteiger charge is 2.18. The number of rotatable bonds is 8. The zero-order valence-electron chi connectivity index (χ0n) is 21.0. The van der Waals surface area contributed by atoms with Gasteiger partial charge in [-0.3, -0.25) is 9.78 Å². The average molecular weight is 524 g/mol. The highest BCUT2D eigenvalue weighted by molar-refractivity contribution is 6.30. The molecule has 0 saturated carbocycles. The molecule has 0 unspecified atom stereocenters. The summed E-state index contributed by atoms with van der Waals surface area (Å²) in [6, 6.07) is 18.7. The van der Waals surface area contributed by atoms with E-state index in [1.165, 1.54) is 0 Å². The number of carbonyl (C=O) groups excluding carboxylic acids is 1. The van der Waals surface area contributed by atoms with Crippen LogP contribution in [0.25, 0.3) is 16.9 Å². The zero-order valence-corrected chi connectivity index (χ0v) is 21.8. The summed E-state index contributed by atoms with van der Waals surface area (Å²) in [6.45, 7) is 4.05. The van der Waals surface area contributed by atoms with Crippen molar-refractivity contribution in [3.8, 4) is 16.9 Å². The molecule has 0 aliphatic carbocycles. The topological polar surface area (TPSA) is 97.6 Å². The molecule has 5 rings (SSSR count). The highest BCUT2D eigenvalue weighted by atomic mass is 35.5. The van der Waals surface area contributed by atoms with Crippen LogP contribution >= 0.6 is 11.6 Å². The third kappa shape index (κ3) is 5.55. The van der Waals surface area contributed by atoms with Crippen molar-refractivity contribution in [1.82, 2.24) is 24.7 Å². The lowest BCUT2D eigenvalue weighted by atomic mass is 10.1. The molecular formula is C29H26ClN7O. The smallest absolute Gasteiger partial charge is 0.259 e. The number of pyridine rings is 1. The lowest BCUT2D eigenvalue weighted by Crippen LogP contribution is -2.15. The predicted molar refractivity (Wildman–Crippen MR) is 150 cm³/mol. The van der Waals surface area contributed by atoms with Crippen molar-refractivity contribution in [3.05, 3.63) is 107 Å². The number of anilines is 3. The first-order valence-corrected chi connectivity index (χ1v) is 12.6. The number of hydrogen-bond acceptors (Lipinski definition) is 6. The van der Waals surface area contributed by atoms with Gasteiger partial charge < -0.3 is 10.6 Å². The maximum Gasteiger partial charge on any atom is 0.259 e. The summed E-state index contributed by atoms with van der Waals surface area (Å²) in [5.74, 6) is 0.227. The van der Waals surface area contributed by atoms with Crippen LogP contribution in [0.2, 0.25) is 5.02 Å². The van der Waals surface area contributed by atoms with E-state index in [0.717, 1.165) is 40.3 Å². The van der Waals surface area contributed by atoms with Gasteiger partial charge in [0.25, 0.3) is 5.91 Å². The van der Waals surface area contributed by atoms with Crippen LogP contribution in [-0.2, 0) is 6.42 Å². The molecule has 0 aliphatic rings. The molecule has 2 aromatic carbocycles. The molecule has 0 spiro atoms. The molecule has 190 valence electrons. The molecule has 0 bridgehead atoms. The van der Waals surface area contributed by atoms with Crippen molar-refractivity contribution in [1.29, 1.82) is 0 Å². The Morgan fingerprint density at radius 1 is 1.03 bits per heavy atom. The minimum Gasteiger partial charge on any atom is -0.324 e. The second-order valence-corrected chi connectivity index (χ2v) is 9.20. The van der Waals surface area contributed by atoms with Gasteiger partial charge >= 0.3 is 0 Å². The van der Waals surface area contributed by atoms with Crippen LogP contribution in [0.15, 0.2) is 85.5 Å². The van der Waals surface area contributed by atoms with Crippen LogP contribution in [0.4, 0.5) is 17.3 Å². The Hall–Kier alpha value is -4.56. The number of halogens is 1. The van der Waals surface area contributed by atoms with Gasteiger partial charge in [0.2, 0.25) is 5.95 Å². The summed E-state index contributed by atoms with van der Waals surface area (Å²) < 4.78 is 1.80. The summed E-state index contributed by atoms with van der Waals surface area (Å²) in [7, 11) is 0. The van der Waals surface area contributed by atoms with Gasteiger partial charge in [-0.05, 0) is 73.5 Å². The fourth-order valence-corrected chi connectivity index (χ4v) is 4.22. The molecule has 0 saturated heterocycles. The largest absolute Gasteiger partial charge is 0.324 e. The van der Waals surface area contributed by atoms with Crippen molar-refractivity contribution in [2.75, 3.05) is 10.6 Å². The Morgan fingerprint density at radius 2 is 1.87 bits per heavy atom. The van der Waals surface area contributed by atoms with Crippen molar-refractivity contribution in [2.45, 2.75) is 26.7 Å². The molecule has 0 fully saturated rings. The van der Waals surface area contributed by atoms with E-state index in [2.05, 4.69) is 37.6 Å². The van der Waals surface area contributed by atoms with E-state index >= 15 is 0 Å². The predicted octanol–water partition coefficient (Wildman–Crippen LogP) is 6.63. The number of nitrogens with zero attached hydrogens (tertiary/aromatic N) is 5. The SMILES string of the molecule is CCCc1c(C(=O)Nc2ccc(C)c(Nc3nccc(-c4cccnc4)n3)c2)cnn1-c1ccc(Cl)cc1. The van der Waals surface area contributed by atoms with E-state index in [1.54, 1.807) is 29.5 Å². The number of benzene rings is 2. The van der Waals surface area contributed by atoms with Crippen LogP contribution in [0.3, 0.4) is 0 Å². The Morgan fingerprint density at radius 3 is 2.63 bits per heavy atom. The maximum absolute atomic E-state index is 13.3. The van der Waals surface area contributed by atoms with Crippen LogP contribution in [-0.4, -0.2) is 30.6 Å². The first-order chi connectivity index (χ1) is 18.5. The quantitative estimate of drug-likeness (QED) is 0.237. The zero-order chi connectivity index (χ0) is 26.5. The average Bonchev–Trinajstić information content (AvgIpc) is 3.35. The fraction of sp³-hybridized carbons (Fsp3) is 0.138. The summed E-state index contributed by atoms with van der Waals surface area (Å²) in [5.41, 5.74) is 6.32. The molecule has 9 heteroatoms. The van der Waals surface area contributed by atoms with E-state index in [1.807, 2.05) is 67.6 Å². The molecule has 1 amide bonds. The summed E-state index contributed by atoms with van der Waals surface area (Å²) in [5, 5.41) is 11.4. The molecular weight excluding hydrogens is 498 g/mol. The molecule has 8 nitrogen and oxygen atoms in total. The van der Waals surface area contributed by atoms with Gasteiger partial charge in [-0.2, -0.15) is 5.10 Å². The van der Waals surface area contributed by atoms with Gasteiger partial charge in [0.1, 0.15) is 0 Å². The highest BCUT2D eigenvalue weighted by Crippen LogP contribution is 2.26. The van der Waals surface area contributed by atoms with E-state index in [0.29, 0.717) is 28.6 Å². The number of aromatic nitrogens is 5. The Kier molecular flexibility index (Phi) is 7.42. The molecule has 0 radical (unpaired) electrons. The Balaban J connectivity index is 1.37. The molecule has 0 atom stereocenters. The van der Waals surface area contributed by atoms with Crippen molar-refractivity contribution in [2.24, 2.45) is 0 Å². The summed E-state index contributed by atoms with van der Waals surface area (Å²) >= 11 is 6.05. The van der Waals surface area contributed by atoms with Gasteiger partial charge in [-0.1, -0.05) is 31.0 Å². The maximum atomic E-state index is 13.3. The number of carbonyl (C=O) groups is 1. The van der Waals surface area contributed by atoms with Crippen molar-refractivity contribution >= 4 is 34.8 Å². The third-order valence-electron chi connectivity index (χ3n) is 6.03. The second kappa shape index (κ2) is 11.2. The number of amides is 1. The summed E-state index contributed by atoms with van der Waals surface area (Å²) in [4.78, 5) is 26.5. The number of hydrogen-bond donors (Lipinski definition) is 2. The molecule has 3 heterocycles. The monoisotopic (exact) mass is 523 g/mol. The molecule has 38 heavy (non-hydrogen) atoms. The Labute approximate surface area is 225 Å². The standard InChI is InChI=1S/C29H26ClN7O/c1-3-5-27-24(18-33-37(27)23-11-8-21(30)9-12-23)28(38)34-22-10-7-19(2)26(16-22)36-29-32-15-13-25(35-29)20-6-4-14-31-17-20/h4,6-18H,3,5H2,1-2H3,(H,34,38)(H,32,35,36).